The maximum atomic E-state index is 4.32. The van der Waals surface area contributed by atoms with Crippen LogP contribution in [0.5, 0.6) is 0 Å². The maximum Gasteiger partial charge on any atom is 0.0493 e. The fourth-order valence-electron chi connectivity index (χ4n) is 3.46. The van der Waals surface area contributed by atoms with Gasteiger partial charge in [-0.25, -0.2) is 0 Å². The van der Waals surface area contributed by atoms with Crippen molar-refractivity contribution in [1.82, 2.24) is 0 Å². The lowest BCUT2D eigenvalue weighted by atomic mass is 9.87. The van der Waals surface area contributed by atoms with Gasteiger partial charge in [0.25, 0.3) is 0 Å². The van der Waals surface area contributed by atoms with Crippen LogP contribution in [0.3, 0.4) is 0 Å². The van der Waals surface area contributed by atoms with E-state index in [4.69, 9.17) is 0 Å². The van der Waals surface area contributed by atoms with Crippen molar-refractivity contribution in [3.8, 4) is 0 Å². The summed E-state index contributed by atoms with van der Waals surface area (Å²) in [4.78, 5) is 0. The highest BCUT2D eigenvalue weighted by Gasteiger charge is 2.13. The highest BCUT2D eigenvalue weighted by Crippen LogP contribution is 2.32. The summed E-state index contributed by atoms with van der Waals surface area (Å²) in [5, 5.41) is 9.21. The topological polar surface area (TPSA) is 24.1 Å². The second kappa shape index (κ2) is 10.3. The Labute approximate surface area is 183 Å². The van der Waals surface area contributed by atoms with Crippen LogP contribution in [0.4, 0.5) is 11.4 Å². The van der Waals surface area contributed by atoms with Gasteiger partial charge in [0.2, 0.25) is 0 Å². The summed E-state index contributed by atoms with van der Waals surface area (Å²) in [5.41, 5.74) is 7.14. The van der Waals surface area contributed by atoms with Crippen LogP contribution in [-0.4, -0.2) is 7.05 Å². The Morgan fingerprint density at radius 3 is 2.30 bits per heavy atom. The summed E-state index contributed by atoms with van der Waals surface area (Å²) in [5.74, 6) is 0. The minimum Gasteiger partial charge on any atom is -0.388 e. The summed E-state index contributed by atoms with van der Waals surface area (Å²) >= 11 is 0. The molecule has 0 unspecified atom stereocenters. The van der Waals surface area contributed by atoms with E-state index < -0.39 is 0 Å². The van der Waals surface area contributed by atoms with Crippen molar-refractivity contribution >= 4 is 27.8 Å². The molecule has 0 aliphatic rings. The lowest BCUT2D eigenvalue weighted by Crippen LogP contribution is -2.09. The number of hydrogen-bond donors (Lipinski definition) is 2. The van der Waals surface area contributed by atoms with Crippen molar-refractivity contribution in [3.05, 3.63) is 77.9 Å². The van der Waals surface area contributed by atoms with Crippen molar-refractivity contribution in [2.24, 2.45) is 5.41 Å². The Morgan fingerprint density at radius 2 is 1.67 bits per heavy atom. The molecule has 0 aliphatic carbocycles. The summed E-state index contributed by atoms with van der Waals surface area (Å²) in [6.45, 7) is 17.5. The van der Waals surface area contributed by atoms with E-state index in [1.54, 1.807) is 0 Å². The Hall–Kier alpha value is -2.74. The standard InChI is InChI=1S/C25H30N2.C3H8/c1-17-10-11-21-15-22(26-6)12-13-23(21)24(17)27-18(2)20-9-7-8-19(14-20)16-25(3,4)5;1-3-2/h7-15,26-27H,2,16H2,1,3-6H3;3H2,1-2H3. The molecule has 2 nitrogen and oxygen atoms in total. The third-order valence-electron chi connectivity index (χ3n) is 4.80. The van der Waals surface area contributed by atoms with E-state index >= 15 is 0 Å². The van der Waals surface area contributed by atoms with Crippen LogP contribution in [-0.2, 0) is 6.42 Å². The minimum atomic E-state index is 0.268. The van der Waals surface area contributed by atoms with E-state index in [1.165, 1.54) is 28.3 Å². The molecule has 30 heavy (non-hydrogen) atoms. The number of aryl methyl sites for hydroxylation is 1. The van der Waals surface area contributed by atoms with Crippen LogP contribution in [0.25, 0.3) is 16.5 Å². The van der Waals surface area contributed by atoms with Crippen molar-refractivity contribution in [1.29, 1.82) is 0 Å². The van der Waals surface area contributed by atoms with Gasteiger partial charge in [0, 0.05) is 29.5 Å². The van der Waals surface area contributed by atoms with Gasteiger partial charge < -0.3 is 10.6 Å². The summed E-state index contributed by atoms with van der Waals surface area (Å²) in [6.07, 6.45) is 2.30. The Bertz CT molecular complexity index is 993. The average Bonchev–Trinajstić information content (AvgIpc) is 2.69. The van der Waals surface area contributed by atoms with E-state index in [0.717, 1.165) is 29.1 Å². The lowest BCUT2D eigenvalue weighted by molar-refractivity contribution is 0.411. The van der Waals surface area contributed by atoms with Crippen LogP contribution in [0.2, 0.25) is 0 Å². The van der Waals surface area contributed by atoms with Crippen LogP contribution in [0.1, 0.15) is 57.7 Å². The van der Waals surface area contributed by atoms with Crippen LogP contribution >= 0.6 is 0 Å². The van der Waals surface area contributed by atoms with Crippen molar-refractivity contribution in [2.45, 2.75) is 54.4 Å². The molecule has 0 heterocycles. The number of rotatable bonds is 5. The molecular weight excluding hydrogens is 364 g/mol. The molecule has 3 rings (SSSR count). The second-order valence-electron chi connectivity index (χ2n) is 9.19. The van der Waals surface area contributed by atoms with E-state index in [1.807, 2.05) is 7.05 Å². The molecule has 0 bridgehead atoms. The van der Waals surface area contributed by atoms with Gasteiger partial charge in [0.05, 0.1) is 0 Å². The zero-order valence-electron chi connectivity index (χ0n) is 19.8. The van der Waals surface area contributed by atoms with Gasteiger partial charge in [-0.2, -0.15) is 0 Å². The SMILES string of the molecule is C=C(Nc1c(C)ccc2cc(NC)ccc12)c1cccc(CC(C)(C)C)c1.CCC. The van der Waals surface area contributed by atoms with E-state index in [-0.39, 0.29) is 5.41 Å². The first kappa shape index (κ1) is 23.5. The molecule has 0 radical (unpaired) electrons. The Balaban J connectivity index is 0.00000101. The minimum absolute atomic E-state index is 0.268. The molecule has 0 spiro atoms. The van der Waals surface area contributed by atoms with Gasteiger partial charge >= 0.3 is 0 Å². The van der Waals surface area contributed by atoms with Gasteiger partial charge in [0.15, 0.2) is 0 Å². The fraction of sp³-hybridized carbons (Fsp3) is 0.357. The molecule has 0 amide bonds. The van der Waals surface area contributed by atoms with Crippen LogP contribution in [0.15, 0.2) is 61.2 Å². The zero-order valence-corrected chi connectivity index (χ0v) is 19.8. The molecular formula is C28H38N2. The van der Waals surface area contributed by atoms with Crippen LogP contribution in [0, 0.1) is 12.3 Å². The Kier molecular flexibility index (Phi) is 8.11. The van der Waals surface area contributed by atoms with E-state index in [9.17, 15) is 0 Å². The summed E-state index contributed by atoms with van der Waals surface area (Å²) < 4.78 is 0. The molecule has 0 aromatic heterocycles. The predicted octanol–water partition coefficient (Wildman–Crippen LogP) is 8.28. The first-order valence-electron chi connectivity index (χ1n) is 10.9. The molecule has 0 saturated heterocycles. The highest BCUT2D eigenvalue weighted by molar-refractivity contribution is 6.00. The largest absolute Gasteiger partial charge is 0.388 e. The number of fused-ring (bicyclic) bond motifs is 1. The molecule has 0 aliphatic heterocycles. The molecule has 2 heteroatoms. The van der Waals surface area contributed by atoms with Gasteiger partial charge in [-0.3, -0.25) is 0 Å². The molecule has 0 atom stereocenters. The van der Waals surface area contributed by atoms with Gasteiger partial charge in [-0.1, -0.05) is 84.0 Å². The predicted molar refractivity (Wildman–Crippen MR) is 136 cm³/mol. The van der Waals surface area contributed by atoms with Crippen molar-refractivity contribution in [2.75, 3.05) is 17.7 Å². The quantitative estimate of drug-likeness (QED) is 0.448. The van der Waals surface area contributed by atoms with Crippen molar-refractivity contribution in [3.63, 3.8) is 0 Å². The molecule has 3 aromatic rings. The number of nitrogens with one attached hydrogen (secondary N) is 2. The van der Waals surface area contributed by atoms with Gasteiger partial charge in [-0.15, -0.1) is 0 Å². The third-order valence-corrected chi connectivity index (χ3v) is 4.80. The van der Waals surface area contributed by atoms with Crippen LogP contribution < -0.4 is 10.6 Å². The lowest BCUT2D eigenvalue weighted by Gasteiger charge is -2.20. The summed E-state index contributed by atoms with van der Waals surface area (Å²) in [7, 11) is 1.95. The molecule has 0 saturated carbocycles. The monoisotopic (exact) mass is 402 g/mol. The van der Waals surface area contributed by atoms with E-state index in [0.29, 0.717) is 0 Å². The Morgan fingerprint density at radius 1 is 0.967 bits per heavy atom. The van der Waals surface area contributed by atoms with E-state index in [2.05, 4.69) is 113 Å². The average molecular weight is 403 g/mol. The van der Waals surface area contributed by atoms with Crippen molar-refractivity contribution < 1.29 is 0 Å². The second-order valence-corrected chi connectivity index (χ2v) is 9.19. The third kappa shape index (κ3) is 6.38. The number of benzene rings is 3. The molecule has 2 N–H and O–H groups in total. The van der Waals surface area contributed by atoms with Gasteiger partial charge in [-0.05, 0) is 59.0 Å². The summed E-state index contributed by atoms with van der Waals surface area (Å²) in [6, 6.07) is 19.5. The number of anilines is 2. The molecule has 3 aromatic carbocycles. The normalized spacial score (nSPS) is 10.9. The first-order chi connectivity index (χ1) is 14.2. The fourth-order valence-corrected chi connectivity index (χ4v) is 3.46. The highest BCUT2D eigenvalue weighted by atomic mass is 14.9. The number of hydrogen-bond acceptors (Lipinski definition) is 2. The zero-order chi connectivity index (χ0) is 22.3. The maximum absolute atomic E-state index is 4.32. The molecule has 0 fully saturated rings. The molecule has 160 valence electrons. The first-order valence-corrected chi connectivity index (χ1v) is 10.9. The van der Waals surface area contributed by atoms with Gasteiger partial charge in [0.1, 0.15) is 0 Å². The smallest absolute Gasteiger partial charge is 0.0493 e.